The fourth-order valence-electron chi connectivity index (χ4n) is 4.05. The Labute approximate surface area is 167 Å². The first kappa shape index (κ1) is 18.2. The number of rotatable bonds is 4. The van der Waals surface area contributed by atoms with Gasteiger partial charge in [0.05, 0.1) is 11.4 Å². The second-order valence-corrected chi connectivity index (χ2v) is 7.35. The van der Waals surface area contributed by atoms with Crippen LogP contribution in [0, 0.1) is 20.8 Å². The first-order valence-corrected chi connectivity index (χ1v) is 9.89. The number of aryl methyl sites for hydroxylation is 3. The second kappa shape index (κ2) is 7.47. The third kappa shape index (κ3) is 3.16. The van der Waals surface area contributed by atoms with Crippen LogP contribution >= 0.6 is 0 Å². The lowest BCUT2D eigenvalue weighted by Gasteiger charge is -2.17. The maximum atomic E-state index is 4.84. The van der Waals surface area contributed by atoms with Crippen LogP contribution in [0.5, 0.6) is 0 Å². The van der Waals surface area contributed by atoms with E-state index in [1.54, 1.807) is 0 Å². The predicted octanol–water partition coefficient (Wildman–Crippen LogP) is 6.87. The van der Waals surface area contributed by atoms with Gasteiger partial charge in [-0.25, -0.2) is 0 Å². The molecule has 0 radical (unpaired) electrons. The van der Waals surface area contributed by atoms with E-state index in [-0.39, 0.29) is 0 Å². The Hall–Kier alpha value is -3.13. The van der Waals surface area contributed by atoms with E-state index in [9.17, 15) is 0 Å². The van der Waals surface area contributed by atoms with E-state index >= 15 is 0 Å². The van der Waals surface area contributed by atoms with Crippen LogP contribution < -0.4 is 0 Å². The van der Waals surface area contributed by atoms with Gasteiger partial charge in [-0.2, -0.15) is 0 Å². The van der Waals surface area contributed by atoms with Crippen molar-refractivity contribution in [2.24, 2.45) is 4.99 Å². The van der Waals surface area contributed by atoms with Crippen LogP contribution in [0.4, 0.5) is 5.69 Å². The van der Waals surface area contributed by atoms with Crippen LogP contribution in [0.15, 0.2) is 71.7 Å². The minimum atomic E-state index is 1.01. The molecule has 0 bridgehead atoms. The zero-order valence-corrected chi connectivity index (χ0v) is 17.0. The highest BCUT2D eigenvalue weighted by atomic mass is 15.0. The minimum Gasteiger partial charge on any atom is -0.317 e. The van der Waals surface area contributed by atoms with Crippen LogP contribution in [0.2, 0.25) is 0 Å². The van der Waals surface area contributed by atoms with E-state index in [1.165, 1.54) is 39.0 Å². The highest BCUT2D eigenvalue weighted by Gasteiger charge is 2.14. The van der Waals surface area contributed by atoms with Gasteiger partial charge >= 0.3 is 0 Å². The highest BCUT2D eigenvalue weighted by molar-refractivity contribution is 5.95. The lowest BCUT2D eigenvalue weighted by molar-refractivity contribution is 0.926. The monoisotopic (exact) mass is 366 g/mol. The summed E-state index contributed by atoms with van der Waals surface area (Å²) in [6.07, 6.45) is 3.03. The number of hydrogen-bond donors (Lipinski definition) is 0. The summed E-state index contributed by atoms with van der Waals surface area (Å²) in [5.74, 6) is 0. The van der Waals surface area contributed by atoms with E-state index < -0.39 is 0 Å². The maximum absolute atomic E-state index is 4.84. The van der Waals surface area contributed by atoms with Gasteiger partial charge in [0.25, 0.3) is 0 Å². The van der Waals surface area contributed by atoms with E-state index in [1.807, 2.05) is 6.21 Å². The van der Waals surface area contributed by atoms with Crippen molar-refractivity contribution in [3.8, 4) is 5.69 Å². The summed E-state index contributed by atoms with van der Waals surface area (Å²) in [5, 5.41) is 2.40. The van der Waals surface area contributed by atoms with Crippen molar-refractivity contribution in [3.05, 3.63) is 94.8 Å². The summed E-state index contributed by atoms with van der Waals surface area (Å²) in [6, 6.07) is 23.5. The molecule has 140 valence electrons. The first-order valence-electron chi connectivity index (χ1n) is 9.89. The van der Waals surface area contributed by atoms with Crippen LogP contribution in [0.25, 0.3) is 16.5 Å². The lowest BCUT2D eigenvalue weighted by atomic mass is 10.1. The van der Waals surface area contributed by atoms with Crippen molar-refractivity contribution in [2.45, 2.75) is 34.1 Å². The van der Waals surface area contributed by atoms with Gasteiger partial charge in [-0.1, -0.05) is 61.5 Å². The van der Waals surface area contributed by atoms with E-state index in [2.05, 4.69) is 99.0 Å². The minimum absolute atomic E-state index is 1.01. The molecule has 2 nitrogen and oxygen atoms in total. The first-order chi connectivity index (χ1) is 13.6. The molecule has 28 heavy (non-hydrogen) atoms. The van der Waals surface area contributed by atoms with E-state index in [0.29, 0.717) is 0 Å². The summed E-state index contributed by atoms with van der Waals surface area (Å²) in [5.41, 5.74) is 8.62. The fourth-order valence-corrected chi connectivity index (χ4v) is 4.05. The molecule has 0 spiro atoms. The summed E-state index contributed by atoms with van der Waals surface area (Å²) in [4.78, 5) is 4.84. The quantitative estimate of drug-likeness (QED) is 0.351. The average Bonchev–Trinajstić information content (AvgIpc) is 2.99. The molecular weight excluding hydrogens is 340 g/mol. The van der Waals surface area contributed by atoms with Crippen molar-refractivity contribution in [1.82, 2.24) is 4.57 Å². The van der Waals surface area contributed by atoms with Gasteiger partial charge in [0, 0.05) is 28.6 Å². The van der Waals surface area contributed by atoms with Crippen LogP contribution in [0.1, 0.15) is 35.0 Å². The lowest BCUT2D eigenvalue weighted by Crippen LogP contribution is -2.05. The van der Waals surface area contributed by atoms with Gasteiger partial charge < -0.3 is 4.57 Å². The summed E-state index contributed by atoms with van der Waals surface area (Å²) >= 11 is 0. The molecule has 0 atom stereocenters. The molecule has 4 rings (SSSR count). The predicted molar refractivity (Wildman–Crippen MR) is 121 cm³/mol. The SMILES string of the molecule is CCc1cccc(C)c1-n1c(C)cc(C=Nc2cccc3ccccc23)c1C. The summed E-state index contributed by atoms with van der Waals surface area (Å²) in [7, 11) is 0. The Kier molecular flexibility index (Phi) is 4.87. The zero-order valence-electron chi connectivity index (χ0n) is 17.0. The standard InChI is InChI=1S/C26H26N2/c1-5-21-12-8-10-18(2)26(21)28-19(3)16-23(20(28)4)17-27-25-15-9-13-22-11-6-7-14-24(22)25/h6-17H,5H2,1-4H3. The summed E-state index contributed by atoms with van der Waals surface area (Å²) < 4.78 is 2.37. The number of benzene rings is 3. The number of hydrogen-bond acceptors (Lipinski definition) is 1. The topological polar surface area (TPSA) is 17.3 Å². The zero-order chi connectivity index (χ0) is 19.7. The Bertz CT molecular complexity index is 1170. The van der Waals surface area contributed by atoms with Crippen LogP contribution in [-0.4, -0.2) is 10.8 Å². The Morgan fingerprint density at radius 3 is 2.46 bits per heavy atom. The number of aromatic nitrogens is 1. The highest BCUT2D eigenvalue weighted by Crippen LogP contribution is 2.28. The maximum Gasteiger partial charge on any atom is 0.0708 e. The average molecular weight is 367 g/mol. The second-order valence-electron chi connectivity index (χ2n) is 7.35. The van der Waals surface area contributed by atoms with Gasteiger partial charge in [-0.05, 0) is 55.8 Å². The number of nitrogens with zero attached hydrogens (tertiary/aromatic N) is 2. The molecule has 1 heterocycles. The van der Waals surface area contributed by atoms with Crippen molar-refractivity contribution in [2.75, 3.05) is 0 Å². The molecule has 0 unspecified atom stereocenters. The largest absolute Gasteiger partial charge is 0.317 e. The molecule has 0 aliphatic heterocycles. The molecule has 0 saturated carbocycles. The molecule has 0 N–H and O–H groups in total. The van der Waals surface area contributed by atoms with Gasteiger partial charge in [-0.3, -0.25) is 4.99 Å². The van der Waals surface area contributed by atoms with Gasteiger partial charge in [-0.15, -0.1) is 0 Å². The third-order valence-corrected chi connectivity index (χ3v) is 5.51. The van der Waals surface area contributed by atoms with E-state index in [0.717, 1.165) is 17.7 Å². The fraction of sp³-hybridized carbons (Fsp3) is 0.192. The van der Waals surface area contributed by atoms with Crippen molar-refractivity contribution < 1.29 is 0 Å². The number of aliphatic imine (C=N–C) groups is 1. The third-order valence-electron chi connectivity index (χ3n) is 5.51. The smallest absolute Gasteiger partial charge is 0.0708 e. The molecular formula is C26H26N2. The van der Waals surface area contributed by atoms with Crippen molar-refractivity contribution in [3.63, 3.8) is 0 Å². The molecule has 3 aromatic carbocycles. The van der Waals surface area contributed by atoms with Gasteiger partial charge in [0.2, 0.25) is 0 Å². The molecule has 0 aliphatic carbocycles. The normalized spacial score (nSPS) is 11.6. The van der Waals surface area contributed by atoms with Gasteiger partial charge in [0.15, 0.2) is 0 Å². The molecule has 2 heteroatoms. The molecule has 0 saturated heterocycles. The summed E-state index contributed by atoms with van der Waals surface area (Å²) in [6.45, 7) is 8.77. The Balaban J connectivity index is 1.80. The van der Waals surface area contributed by atoms with Gasteiger partial charge in [0.1, 0.15) is 0 Å². The Morgan fingerprint density at radius 2 is 1.64 bits per heavy atom. The van der Waals surface area contributed by atoms with E-state index in [4.69, 9.17) is 4.99 Å². The van der Waals surface area contributed by atoms with Crippen LogP contribution in [0.3, 0.4) is 0 Å². The Morgan fingerprint density at radius 1 is 0.893 bits per heavy atom. The molecule has 4 aromatic rings. The molecule has 0 amide bonds. The van der Waals surface area contributed by atoms with Crippen LogP contribution in [-0.2, 0) is 6.42 Å². The van der Waals surface area contributed by atoms with Crippen molar-refractivity contribution >= 4 is 22.7 Å². The number of para-hydroxylation sites is 1. The number of fused-ring (bicyclic) bond motifs is 1. The molecule has 0 aliphatic rings. The molecule has 0 fully saturated rings. The molecule has 1 aromatic heterocycles. The van der Waals surface area contributed by atoms with Crippen molar-refractivity contribution in [1.29, 1.82) is 0 Å².